The number of nitrogens with zero attached hydrogens (tertiary/aromatic N) is 4. The van der Waals surface area contributed by atoms with E-state index in [1.807, 2.05) is 30.3 Å². The van der Waals surface area contributed by atoms with E-state index < -0.39 is 24.5 Å². The zero-order valence-corrected chi connectivity index (χ0v) is 14.1. The number of nitrogens with two attached hydrogens (primary N) is 1. The van der Waals surface area contributed by atoms with E-state index in [9.17, 15) is 10.2 Å². The number of rotatable bonds is 4. The van der Waals surface area contributed by atoms with Crippen LogP contribution in [0.25, 0.3) is 22.6 Å². The minimum atomic E-state index is -0.995. The van der Waals surface area contributed by atoms with E-state index in [4.69, 9.17) is 15.2 Å². The highest BCUT2D eigenvalue weighted by Gasteiger charge is 2.45. The predicted octanol–water partition coefficient (Wildman–Crippen LogP) is 0.341. The lowest BCUT2D eigenvalue weighted by Crippen LogP contribution is -2.35. The second kappa shape index (κ2) is 6.61. The maximum absolute atomic E-state index is 10.6. The van der Waals surface area contributed by atoms with Gasteiger partial charge in [-0.1, -0.05) is 30.3 Å². The van der Waals surface area contributed by atoms with Crippen LogP contribution in [-0.2, 0) is 9.47 Å². The normalized spacial score (nSPS) is 25.8. The third-order valence-corrected chi connectivity index (χ3v) is 4.52. The van der Waals surface area contributed by atoms with Gasteiger partial charge in [0.1, 0.15) is 23.8 Å². The van der Waals surface area contributed by atoms with Gasteiger partial charge >= 0.3 is 0 Å². The number of nitrogen functional groups attached to an aromatic ring is 1. The molecule has 4 atom stereocenters. The molecule has 26 heavy (non-hydrogen) atoms. The van der Waals surface area contributed by atoms with Crippen molar-refractivity contribution in [2.45, 2.75) is 24.5 Å². The summed E-state index contributed by atoms with van der Waals surface area (Å²) in [5.74, 6) is 0.689. The number of hydrogen-bond donors (Lipinski definition) is 3. The number of anilines is 1. The fraction of sp³-hybridized carbons (Fsp3) is 0.353. The van der Waals surface area contributed by atoms with Crippen LogP contribution in [0.1, 0.15) is 6.23 Å². The SMILES string of the molecule is COC1C(O)[C@H](n2cnc3c(N)nc(-c4ccccc4)nc32)O[C@@H]1CO. The number of hydrogen-bond acceptors (Lipinski definition) is 8. The van der Waals surface area contributed by atoms with Gasteiger partial charge in [0.2, 0.25) is 0 Å². The molecule has 1 fully saturated rings. The van der Waals surface area contributed by atoms with Crippen LogP contribution in [-0.4, -0.2) is 61.8 Å². The lowest BCUT2D eigenvalue weighted by molar-refractivity contribution is -0.0535. The van der Waals surface area contributed by atoms with Crippen molar-refractivity contribution in [1.82, 2.24) is 19.5 Å². The predicted molar refractivity (Wildman–Crippen MR) is 93.0 cm³/mol. The molecule has 3 aromatic rings. The molecule has 1 saturated heterocycles. The molecule has 4 rings (SSSR count). The maximum atomic E-state index is 10.6. The summed E-state index contributed by atoms with van der Waals surface area (Å²) in [5.41, 5.74) is 7.72. The quantitative estimate of drug-likeness (QED) is 0.610. The molecule has 9 nitrogen and oxygen atoms in total. The van der Waals surface area contributed by atoms with Crippen LogP contribution in [0.15, 0.2) is 36.7 Å². The molecule has 4 N–H and O–H groups in total. The summed E-state index contributed by atoms with van der Waals surface area (Å²) in [4.78, 5) is 13.1. The Labute approximate surface area is 149 Å². The van der Waals surface area contributed by atoms with Crippen molar-refractivity contribution >= 4 is 17.0 Å². The third kappa shape index (κ3) is 2.61. The van der Waals surface area contributed by atoms with E-state index in [2.05, 4.69) is 15.0 Å². The molecule has 2 unspecified atom stereocenters. The van der Waals surface area contributed by atoms with Crippen molar-refractivity contribution in [2.24, 2.45) is 0 Å². The highest BCUT2D eigenvalue weighted by molar-refractivity contribution is 5.83. The van der Waals surface area contributed by atoms with Crippen molar-refractivity contribution in [2.75, 3.05) is 19.5 Å². The van der Waals surface area contributed by atoms with Gasteiger partial charge in [0.25, 0.3) is 0 Å². The van der Waals surface area contributed by atoms with Crippen LogP contribution in [0.4, 0.5) is 5.82 Å². The van der Waals surface area contributed by atoms with Gasteiger partial charge in [-0.05, 0) is 0 Å². The molecule has 1 aromatic carbocycles. The molecule has 0 aliphatic carbocycles. The molecule has 136 valence electrons. The zero-order chi connectivity index (χ0) is 18.3. The Morgan fingerprint density at radius 2 is 2.04 bits per heavy atom. The Balaban J connectivity index is 1.81. The van der Waals surface area contributed by atoms with Crippen LogP contribution in [0.2, 0.25) is 0 Å². The largest absolute Gasteiger partial charge is 0.394 e. The van der Waals surface area contributed by atoms with Crippen molar-refractivity contribution in [3.63, 3.8) is 0 Å². The number of aromatic nitrogens is 4. The van der Waals surface area contributed by atoms with Gasteiger partial charge in [-0.2, -0.15) is 0 Å². The van der Waals surface area contributed by atoms with E-state index in [0.717, 1.165) is 5.56 Å². The first-order valence-corrected chi connectivity index (χ1v) is 8.16. The third-order valence-electron chi connectivity index (χ3n) is 4.52. The minimum absolute atomic E-state index is 0.238. The topological polar surface area (TPSA) is 129 Å². The molecule has 9 heteroatoms. The van der Waals surface area contributed by atoms with E-state index in [-0.39, 0.29) is 12.4 Å². The Kier molecular flexibility index (Phi) is 4.29. The van der Waals surface area contributed by atoms with Gasteiger partial charge in [0.05, 0.1) is 12.9 Å². The summed E-state index contributed by atoms with van der Waals surface area (Å²) >= 11 is 0. The van der Waals surface area contributed by atoms with Crippen molar-refractivity contribution in [1.29, 1.82) is 0 Å². The molecular weight excluding hydrogens is 338 g/mol. The number of benzene rings is 1. The second-order valence-electron chi connectivity index (χ2n) is 6.06. The van der Waals surface area contributed by atoms with Crippen LogP contribution in [0.5, 0.6) is 0 Å². The van der Waals surface area contributed by atoms with E-state index in [1.54, 1.807) is 4.57 Å². The number of aliphatic hydroxyl groups excluding tert-OH is 2. The summed E-state index contributed by atoms with van der Waals surface area (Å²) in [6, 6.07) is 9.43. The standard InChI is InChI=1S/C17H19N5O4/c1-25-13-10(7-23)26-17(12(13)24)22-8-19-11-14(18)20-15(21-16(11)22)9-5-3-2-4-6-9/h2-6,8,10,12-13,17,23-24H,7H2,1H3,(H2,18,20,21)/t10-,12?,13?,17-/m1/s1. The molecule has 3 heterocycles. The Morgan fingerprint density at radius 1 is 1.27 bits per heavy atom. The molecule has 1 aliphatic heterocycles. The van der Waals surface area contributed by atoms with E-state index >= 15 is 0 Å². The first kappa shape index (κ1) is 16.9. The van der Waals surface area contributed by atoms with Crippen LogP contribution in [0.3, 0.4) is 0 Å². The zero-order valence-electron chi connectivity index (χ0n) is 14.1. The van der Waals surface area contributed by atoms with E-state index in [1.165, 1.54) is 13.4 Å². The van der Waals surface area contributed by atoms with Crippen molar-refractivity contribution in [3.05, 3.63) is 36.7 Å². The van der Waals surface area contributed by atoms with Gasteiger partial charge in [-0.15, -0.1) is 0 Å². The molecule has 0 spiro atoms. The minimum Gasteiger partial charge on any atom is -0.394 e. The van der Waals surface area contributed by atoms with Crippen molar-refractivity contribution < 1.29 is 19.7 Å². The molecule has 0 amide bonds. The average molecular weight is 357 g/mol. The fourth-order valence-corrected chi connectivity index (χ4v) is 3.23. The number of methoxy groups -OCH3 is 1. The highest BCUT2D eigenvalue weighted by Crippen LogP contribution is 2.33. The molecule has 0 bridgehead atoms. The summed E-state index contributed by atoms with van der Waals surface area (Å²) in [7, 11) is 1.46. The van der Waals surface area contributed by atoms with Gasteiger partial charge in [0.15, 0.2) is 23.5 Å². The summed E-state index contributed by atoms with van der Waals surface area (Å²) in [6.45, 7) is -0.273. The smallest absolute Gasteiger partial charge is 0.168 e. The Bertz CT molecular complexity index is 916. The number of fused-ring (bicyclic) bond motifs is 1. The molecule has 0 saturated carbocycles. The lowest BCUT2D eigenvalue weighted by atomic mass is 10.1. The second-order valence-corrected chi connectivity index (χ2v) is 6.06. The summed E-state index contributed by atoms with van der Waals surface area (Å²) < 4.78 is 12.6. The van der Waals surface area contributed by atoms with E-state index in [0.29, 0.717) is 17.0 Å². The first-order valence-electron chi connectivity index (χ1n) is 8.16. The average Bonchev–Trinajstić information content (AvgIpc) is 3.23. The monoisotopic (exact) mass is 357 g/mol. The van der Waals surface area contributed by atoms with Gasteiger partial charge < -0.3 is 25.4 Å². The van der Waals surface area contributed by atoms with Gasteiger partial charge in [-0.25, -0.2) is 15.0 Å². The lowest BCUT2D eigenvalue weighted by Gasteiger charge is -2.18. The highest BCUT2D eigenvalue weighted by atomic mass is 16.6. The van der Waals surface area contributed by atoms with Crippen LogP contribution < -0.4 is 5.73 Å². The van der Waals surface area contributed by atoms with Gasteiger partial charge in [0, 0.05) is 12.7 Å². The number of ether oxygens (including phenoxy) is 2. The first-order chi connectivity index (χ1) is 12.6. The van der Waals surface area contributed by atoms with Gasteiger partial charge in [-0.3, -0.25) is 4.57 Å². The summed E-state index contributed by atoms with van der Waals surface area (Å²) in [6.07, 6.45) is -1.61. The van der Waals surface area contributed by atoms with Crippen molar-refractivity contribution in [3.8, 4) is 11.4 Å². The molecular formula is C17H19N5O4. The fourth-order valence-electron chi connectivity index (χ4n) is 3.23. The summed E-state index contributed by atoms with van der Waals surface area (Å²) in [5, 5.41) is 20.0. The maximum Gasteiger partial charge on any atom is 0.168 e. The number of aliphatic hydroxyl groups is 2. The molecule has 2 aromatic heterocycles. The molecule has 0 radical (unpaired) electrons. The Morgan fingerprint density at radius 3 is 2.69 bits per heavy atom. The molecule has 1 aliphatic rings. The Hall–Kier alpha value is -2.59. The van der Waals surface area contributed by atoms with Crippen LogP contribution >= 0.6 is 0 Å². The number of imidazole rings is 1. The van der Waals surface area contributed by atoms with Crippen LogP contribution in [0, 0.1) is 0 Å².